The summed E-state index contributed by atoms with van der Waals surface area (Å²) in [5.74, 6) is 0.00463. The third kappa shape index (κ3) is 31.3. The molecule has 0 amide bonds. The molecule has 0 spiro atoms. The van der Waals surface area contributed by atoms with Gasteiger partial charge in [-0.2, -0.15) is 0 Å². The van der Waals surface area contributed by atoms with Crippen LogP contribution >= 0.6 is 48.0 Å². The largest absolute Gasteiger partial charge is 2.00 e. The molecule has 0 saturated carbocycles. The Hall–Kier alpha value is 2.81. The smallest absolute Gasteiger partial charge is 0.422 e. The molecule has 0 rings (SSSR count). The summed E-state index contributed by atoms with van der Waals surface area (Å²) >= 11 is 19.8. The van der Waals surface area contributed by atoms with Crippen LogP contribution in [0.25, 0.3) is 0 Å². The summed E-state index contributed by atoms with van der Waals surface area (Å²) in [5.41, 5.74) is 0. The minimum Gasteiger partial charge on any atom is -0.422 e. The molecule has 0 aromatic carbocycles. The second kappa shape index (κ2) is 17.2. The molecule has 2 N–H and O–H groups in total. The molecule has 0 saturated heterocycles. The van der Waals surface area contributed by atoms with E-state index in [-0.39, 0.29) is 60.8 Å². The van der Waals surface area contributed by atoms with Gasteiger partial charge in [-0.05, 0) is 0 Å². The second-order valence-corrected chi connectivity index (χ2v) is 6.14. The van der Waals surface area contributed by atoms with Crippen LogP contribution in [0.2, 0.25) is 0 Å². The quantitative estimate of drug-likeness (QED) is 0.294. The third-order valence-electron chi connectivity index (χ3n) is 0.365. The van der Waals surface area contributed by atoms with Crippen LogP contribution in [0, 0.1) is 0 Å². The van der Waals surface area contributed by atoms with Gasteiger partial charge in [0.05, 0.1) is 11.9 Å². The maximum Gasteiger partial charge on any atom is 2.00 e. The van der Waals surface area contributed by atoms with Gasteiger partial charge in [0.1, 0.15) is 0 Å². The molecule has 0 unspecified atom stereocenters. The zero-order valence-electron chi connectivity index (χ0n) is 6.47. The van der Waals surface area contributed by atoms with Gasteiger partial charge in [-0.15, -0.1) is 23.5 Å². The molecule has 0 aliphatic rings. The normalized spacial score (nSPS) is 7.54. The topological polar surface area (TPSA) is 40.5 Å². The SMILES string of the molecule is OCSC(=S)[S-].OCSC(=S)[S-].[Ba+2]. The maximum atomic E-state index is 8.05. The van der Waals surface area contributed by atoms with Crippen LogP contribution < -0.4 is 0 Å². The van der Waals surface area contributed by atoms with Crippen molar-refractivity contribution in [2.24, 2.45) is 0 Å². The molecule has 0 aromatic heterocycles. The summed E-state index contributed by atoms with van der Waals surface area (Å²) in [4.78, 5) is 0. The Balaban J connectivity index is -0.000000143. The van der Waals surface area contributed by atoms with Crippen LogP contribution in [0.4, 0.5) is 0 Å². The van der Waals surface area contributed by atoms with E-state index in [0.29, 0.717) is 7.06 Å². The summed E-state index contributed by atoms with van der Waals surface area (Å²) in [6.45, 7) is 0. The molecule has 13 heavy (non-hydrogen) atoms. The fourth-order valence-electron chi connectivity index (χ4n) is 0.105. The van der Waals surface area contributed by atoms with Crippen LogP contribution in [-0.2, 0) is 25.3 Å². The first-order valence-corrected chi connectivity index (χ1v) is 6.04. The van der Waals surface area contributed by atoms with Gasteiger partial charge in [0, 0.05) is 0 Å². The molecule has 0 aliphatic heterocycles. The monoisotopic (exact) mass is 416 g/mol. The Morgan fingerprint density at radius 3 is 1.23 bits per heavy atom. The first kappa shape index (κ1) is 21.1. The van der Waals surface area contributed by atoms with E-state index in [1.165, 1.54) is 0 Å². The summed E-state index contributed by atoms with van der Waals surface area (Å²) in [6, 6.07) is 0. The molecule has 0 aromatic rings. The zero-order valence-corrected chi connectivity index (χ0v) is 15.8. The number of thiocarbonyl (C=S) groups is 2. The van der Waals surface area contributed by atoms with E-state index in [0.717, 1.165) is 23.5 Å². The van der Waals surface area contributed by atoms with Crippen molar-refractivity contribution in [3.8, 4) is 0 Å². The Bertz CT molecular complexity index is 127. The average molecular weight is 416 g/mol. The van der Waals surface area contributed by atoms with Crippen LogP contribution in [-0.4, -0.2) is 78.0 Å². The van der Waals surface area contributed by atoms with Crippen molar-refractivity contribution in [2.45, 2.75) is 0 Å². The van der Waals surface area contributed by atoms with Gasteiger partial charge < -0.3 is 59.9 Å². The van der Waals surface area contributed by atoms with Gasteiger partial charge in [0.2, 0.25) is 0 Å². The van der Waals surface area contributed by atoms with Crippen molar-refractivity contribution >= 4 is 129 Å². The number of thioether (sulfide) groups is 2. The predicted octanol–water partition coefficient (Wildman–Crippen LogP) is 0.622. The van der Waals surface area contributed by atoms with Crippen molar-refractivity contribution in [3.05, 3.63) is 0 Å². The molecule has 9 heteroatoms. The molecule has 0 heterocycles. The van der Waals surface area contributed by atoms with E-state index in [9.17, 15) is 0 Å². The van der Waals surface area contributed by atoms with Crippen LogP contribution in [0.15, 0.2) is 0 Å². The minimum atomic E-state index is 0. The molecule has 0 aliphatic carbocycles. The molecular weight excluding hydrogens is 410 g/mol. The van der Waals surface area contributed by atoms with Crippen molar-refractivity contribution in [2.75, 3.05) is 11.9 Å². The van der Waals surface area contributed by atoms with E-state index in [1.807, 2.05) is 0 Å². The van der Waals surface area contributed by atoms with E-state index in [1.54, 1.807) is 0 Å². The minimum absolute atomic E-state index is 0. The van der Waals surface area contributed by atoms with Gasteiger partial charge >= 0.3 is 48.9 Å². The summed E-state index contributed by atoms with van der Waals surface area (Å²) < 4.78 is 0.745. The summed E-state index contributed by atoms with van der Waals surface area (Å²) in [5, 5.41) is 16.1. The Morgan fingerprint density at radius 2 is 1.23 bits per heavy atom. The van der Waals surface area contributed by atoms with Crippen molar-refractivity contribution < 1.29 is 10.2 Å². The van der Waals surface area contributed by atoms with Gasteiger partial charge in [-0.3, -0.25) is 0 Å². The number of aliphatic hydroxyl groups is 2. The van der Waals surface area contributed by atoms with Crippen molar-refractivity contribution in [1.29, 1.82) is 0 Å². The van der Waals surface area contributed by atoms with Gasteiger partial charge in [0.15, 0.2) is 0 Å². The molecule has 0 fully saturated rings. The predicted molar refractivity (Wildman–Crippen MR) is 75.0 cm³/mol. The number of hydrogen-bond donors (Lipinski definition) is 2. The Kier molecular flexibility index (Phi) is 28.0. The fourth-order valence-corrected chi connectivity index (χ4v) is 0.949. The maximum absolute atomic E-state index is 8.05. The van der Waals surface area contributed by atoms with E-state index >= 15 is 0 Å². The standard InChI is InChI=1S/2C2H4OS3.Ba/c2*3-1-6-2(4)5;/h2*3H,1H2,(H,4,5);/q;;+2/p-2. The molecule has 0 radical (unpaired) electrons. The van der Waals surface area contributed by atoms with Crippen molar-refractivity contribution in [1.82, 2.24) is 0 Å². The molecule has 2 nitrogen and oxygen atoms in total. The summed E-state index contributed by atoms with van der Waals surface area (Å²) in [6.07, 6.45) is 0. The van der Waals surface area contributed by atoms with Crippen LogP contribution in [0.3, 0.4) is 0 Å². The Morgan fingerprint density at radius 1 is 1.00 bits per heavy atom. The molecule has 0 bridgehead atoms. The number of aliphatic hydroxyl groups excluding tert-OH is 2. The molecule has 72 valence electrons. The van der Waals surface area contributed by atoms with Gasteiger partial charge in [-0.1, -0.05) is 7.06 Å². The zero-order chi connectivity index (χ0) is 9.98. The first-order chi connectivity index (χ1) is 5.54. The van der Waals surface area contributed by atoms with E-state index in [4.69, 9.17) is 10.2 Å². The Labute approximate surface area is 148 Å². The van der Waals surface area contributed by atoms with E-state index < -0.39 is 0 Å². The van der Waals surface area contributed by atoms with Crippen molar-refractivity contribution in [3.63, 3.8) is 0 Å². The third-order valence-corrected chi connectivity index (χ3v) is 2.51. The van der Waals surface area contributed by atoms with E-state index in [2.05, 4.69) is 49.7 Å². The molecule has 0 atom stereocenters. The van der Waals surface area contributed by atoms with Gasteiger partial charge in [0.25, 0.3) is 0 Å². The van der Waals surface area contributed by atoms with Crippen LogP contribution in [0.1, 0.15) is 0 Å². The summed E-state index contributed by atoms with van der Waals surface area (Å²) in [7, 11) is 0. The molecular formula is C4H6BaO2S6. The van der Waals surface area contributed by atoms with Crippen LogP contribution in [0.5, 0.6) is 0 Å². The number of rotatable bonds is 2. The first-order valence-electron chi connectivity index (χ1n) is 2.43. The second-order valence-electron chi connectivity index (χ2n) is 1.05. The fraction of sp³-hybridized carbons (Fsp3) is 0.500. The van der Waals surface area contributed by atoms with Gasteiger partial charge in [-0.25, -0.2) is 0 Å². The average Bonchev–Trinajstić information content (AvgIpc) is 1.87. The number of hydrogen-bond acceptors (Lipinski definition) is 8.